The van der Waals surface area contributed by atoms with Crippen molar-refractivity contribution in [2.24, 2.45) is 0 Å². The quantitative estimate of drug-likeness (QED) is 0.500. The lowest BCUT2D eigenvalue weighted by molar-refractivity contribution is -0.137. The molecule has 1 aliphatic heterocycles. The van der Waals surface area contributed by atoms with Crippen LogP contribution in [0.15, 0.2) is 48.7 Å². The van der Waals surface area contributed by atoms with Crippen LogP contribution in [-0.4, -0.2) is 27.9 Å². The first kappa shape index (κ1) is 23.3. The minimum atomic E-state index is -4.53. The zero-order chi connectivity index (χ0) is 24.5. The number of hydrogen-bond acceptors (Lipinski definition) is 4. The lowest BCUT2D eigenvalue weighted by atomic mass is 10.0. The highest BCUT2D eigenvalue weighted by atomic mass is 19.4. The summed E-state index contributed by atoms with van der Waals surface area (Å²) < 4.78 is 40.7. The number of halogens is 3. The first-order valence-electron chi connectivity index (χ1n) is 10.8. The van der Waals surface area contributed by atoms with E-state index in [4.69, 9.17) is 0 Å². The highest BCUT2D eigenvalue weighted by Gasteiger charge is 2.31. The predicted octanol–water partition coefficient (Wildman–Crippen LogP) is 4.77. The van der Waals surface area contributed by atoms with Crippen molar-refractivity contribution >= 4 is 23.5 Å². The standard InChI is InChI=1S/C24H24F3N5O2/c1-14-7-8-16(15(2)30-21(33)17-5-3-6-18(11-17)24(25,26)27)12-19(14)31-22(34)20-13-29-23-28-9-4-10-32(20)23/h3,5-8,11-13,15H,4,9-10H2,1-2H3,(H,28,29)(H,30,33)(H,31,34)/t15-/m0/s1. The van der Waals surface area contributed by atoms with Crippen molar-refractivity contribution in [3.8, 4) is 0 Å². The Labute approximate surface area is 194 Å². The smallest absolute Gasteiger partial charge is 0.356 e. The summed E-state index contributed by atoms with van der Waals surface area (Å²) in [5, 5.41) is 8.77. The number of nitrogens with zero attached hydrogens (tertiary/aromatic N) is 2. The van der Waals surface area contributed by atoms with E-state index in [0.717, 1.165) is 30.7 Å². The number of anilines is 2. The van der Waals surface area contributed by atoms with Crippen LogP contribution in [0.3, 0.4) is 0 Å². The maximum absolute atomic E-state index is 13.0. The van der Waals surface area contributed by atoms with Gasteiger partial charge in [0.2, 0.25) is 5.95 Å². The molecule has 34 heavy (non-hydrogen) atoms. The van der Waals surface area contributed by atoms with Crippen molar-refractivity contribution < 1.29 is 22.8 Å². The summed E-state index contributed by atoms with van der Waals surface area (Å²) in [6.07, 6.45) is -2.11. The molecular weight excluding hydrogens is 447 g/mol. The number of hydrogen-bond donors (Lipinski definition) is 3. The van der Waals surface area contributed by atoms with Crippen LogP contribution in [0, 0.1) is 6.92 Å². The number of rotatable bonds is 5. The Morgan fingerprint density at radius 1 is 1.15 bits per heavy atom. The van der Waals surface area contributed by atoms with Crippen LogP contribution in [0.5, 0.6) is 0 Å². The van der Waals surface area contributed by atoms with Gasteiger partial charge in [-0.05, 0) is 55.7 Å². The summed E-state index contributed by atoms with van der Waals surface area (Å²) >= 11 is 0. The molecule has 0 fully saturated rings. The molecule has 3 N–H and O–H groups in total. The van der Waals surface area contributed by atoms with Gasteiger partial charge < -0.3 is 20.5 Å². The van der Waals surface area contributed by atoms with E-state index >= 15 is 0 Å². The van der Waals surface area contributed by atoms with E-state index in [9.17, 15) is 22.8 Å². The van der Waals surface area contributed by atoms with Crippen molar-refractivity contribution in [3.63, 3.8) is 0 Å². The highest BCUT2D eigenvalue weighted by Crippen LogP contribution is 2.30. The molecule has 0 saturated heterocycles. The SMILES string of the molecule is Cc1ccc([C@H](C)NC(=O)c2cccc(C(F)(F)F)c2)cc1NC(=O)c1cnc2n1CCCN2. The third-order valence-electron chi connectivity index (χ3n) is 5.74. The second-order valence-electron chi connectivity index (χ2n) is 8.20. The molecule has 2 aromatic carbocycles. The van der Waals surface area contributed by atoms with E-state index in [0.29, 0.717) is 29.4 Å². The third-order valence-corrected chi connectivity index (χ3v) is 5.74. The summed E-state index contributed by atoms with van der Waals surface area (Å²) in [6.45, 7) is 5.07. The van der Waals surface area contributed by atoms with E-state index in [1.54, 1.807) is 19.1 Å². The average molecular weight is 471 g/mol. The maximum Gasteiger partial charge on any atom is 0.416 e. The molecular formula is C24H24F3N5O2. The van der Waals surface area contributed by atoms with E-state index in [1.807, 2.05) is 17.6 Å². The Morgan fingerprint density at radius 3 is 2.71 bits per heavy atom. The first-order chi connectivity index (χ1) is 16.1. The third kappa shape index (κ3) is 4.90. The summed E-state index contributed by atoms with van der Waals surface area (Å²) in [7, 11) is 0. The molecule has 3 aromatic rings. The number of carbonyl (C=O) groups is 2. The van der Waals surface area contributed by atoms with Gasteiger partial charge in [-0.15, -0.1) is 0 Å². The van der Waals surface area contributed by atoms with Crippen LogP contribution in [0.25, 0.3) is 0 Å². The minimum Gasteiger partial charge on any atom is -0.356 e. The molecule has 4 rings (SSSR count). The van der Waals surface area contributed by atoms with Crippen LogP contribution in [-0.2, 0) is 12.7 Å². The van der Waals surface area contributed by atoms with Gasteiger partial charge >= 0.3 is 6.18 Å². The summed E-state index contributed by atoms with van der Waals surface area (Å²) in [5.41, 5.74) is 1.56. The van der Waals surface area contributed by atoms with Crippen LogP contribution < -0.4 is 16.0 Å². The number of amides is 2. The number of fused-ring (bicyclic) bond motifs is 1. The summed E-state index contributed by atoms with van der Waals surface area (Å²) in [4.78, 5) is 29.7. The number of benzene rings is 2. The molecule has 2 heterocycles. The van der Waals surface area contributed by atoms with E-state index in [2.05, 4.69) is 20.9 Å². The number of carbonyl (C=O) groups excluding carboxylic acids is 2. The molecule has 0 radical (unpaired) electrons. The minimum absolute atomic E-state index is 0.0820. The summed E-state index contributed by atoms with van der Waals surface area (Å²) in [6, 6.07) is 9.12. The maximum atomic E-state index is 13.0. The monoisotopic (exact) mass is 471 g/mol. The van der Waals surface area contributed by atoms with E-state index < -0.39 is 23.7 Å². The lowest BCUT2D eigenvalue weighted by Gasteiger charge is -2.19. The fourth-order valence-corrected chi connectivity index (χ4v) is 3.79. The number of aryl methyl sites for hydroxylation is 1. The Balaban J connectivity index is 1.49. The second kappa shape index (κ2) is 9.20. The number of alkyl halides is 3. The van der Waals surface area contributed by atoms with Crippen molar-refractivity contribution in [2.45, 2.75) is 39.0 Å². The van der Waals surface area contributed by atoms with E-state index in [-0.39, 0.29) is 11.5 Å². The van der Waals surface area contributed by atoms with Gasteiger partial charge in [0.05, 0.1) is 17.8 Å². The molecule has 0 spiro atoms. The molecule has 7 nitrogen and oxygen atoms in total. The van der Waals surface area contributed by atoms with Gasteiger partial charge in [0.1, 0.15) is 5.69 Å². The normalized spacial score (nSPS) is 14.0. The molecule has 2 amide bonds. The molecule has 0 saturated carbocycles. The predicted molar refractivity (Wildman–Crippen MR) is 122 cm³/mol. The van der Waals surface area contributed by atoms with Gasteiger partial charge in [-0.3, -0.25) is 9.59 Å². The van der Waals surface area contributed by atoms with Crippen molar-refractivity contribution in [1.82, 2.24) is 14.9 Å². The zero-order valence-electron chi connectivity index (χ0n) is 18.7. The molecule has 0 bridgehead atoms. The van der Waals surface area contributed by atoms with Gasteiger partial charge in [0.15, 0.2) is 0 Å². The van der Waals surface area contributed by atoms with Gasteiger partial charge in [-0.1, -0.05) is 18.2 Å². The molecule has 10 heteroatoms. The summed E-state index contributed by atoms with van der Waals surface area (Å²) in [5.74, 6) is -0.265. The molecule has 1 aromatic heterocycles. The Kier molecular flexibility index (Phi) is 6.32. The molecule has 1 aliphatic rings. The Bertz CT molecular complexity index is 1240. The number of nitrogens with one attached hydrogen (secondary N) is 3. The van der Waals surface area contributed by atoms with Crippen LogP contribution in [0.2, 0.25) is 0 Å². The fourth-order valence-electron chi connectivity index (χ4n) is 3.79. The van der Waals surface area contributed by atoms with Gasteiger partial charge in [0.25, 0.3) is 11.8 Å². The number of aromatic nitrogens is 2. The molecule has 0 unspecified atom stereocenters. The number of imidazole rings is 1. The first-order valence-corrected chi connectivity index (χ1v) is 10.8. The van der Waals surface area contributed by atoms with Crippen molar-refractivity contribution in [1.29, 1.82) is 0 Å². The highest BCUT2D eigenvalue weighted by molar-refractivity contribution is 6.03. The topological polar surface area (TPSA) is 88.1 Å². The fraction of sp³-hybridized carbons (Fsp3) is 0.292. The molecule has 1 atom stereocenters. The largest absolute Gasteiger partial charge is 0.416 e. The Hall–Kier alpha value is -3.82. The van der Waals surface area contributed by atoms with Crippen molar-refractivity contribution in [2.75, 3.05) is 17.2 Å². The lowest BCUT2D eigenvalue weighted by Crippen LogP contribution is -2.27. The Morgan fingerprint density at radius 2 is 1.94 bits per heavy atom. The zero-order valence-corrected chi connectivity index (χ0v) is 18.7. The van der Waals surface area contributed by atoms with Gasteiger partial charge in [-0.2, -0.15) is 13.2 Å². The molecule has 0 aliphatic carbocycles. The average Bonchev–Trinajstić information content (AvgIpc) is 3.24. The molecule has 178 valence electrons. The van der Waals surface area contributed by atoms with Gasteiger partial charge in [-0.25, -0.2) is 4.98 Å². The van der Waals surface area contributed by atoms with Crippen LogP contribution >= 0.6 is 0 Å². The van der Waals surface area contributed by atoms with Crippen molar-refractivity contribution in [3.05, 3.63) is 76.6 Å². The van der Waals surface area contributed by atoms with Crippen LogP contribution in [0.4, 0.5) is 24.8 Å². The van der Waals surface area contributed by atoms with Gasteiger partial charge in [0, 0.05) is 24.3 Å². The van der Waals surface area contributed by atoms with E-state index in [1.165, 1.54) is 18.3 Å². The van der Waals surface area contributed by atoms with Crippen LogP contribution in [0.1, 0.15) is 56.9 Å². The second-order valence-corrected chi connectivity index (χ2v) is 8.20.